The zero-order valence-electron chi connectivity index (χ0n) is 10.1. The molecule has 100 valence electrons. The summed E-state index contributed by atoms with van der Waals surface area (Å²) in [7, 11) is 0. The summed E-state index contributed by atoms with van der Waals surface area (Å²) in [4.78, 5) is 0. The van der Waals surface area contributed by atoms with Gasteiger partial charge >= 0.3 is 0 Å². The van der Waals surface area contributed by atoms with Gasteiger partial charge in [-0.05, 0) is 52.2 Å². The quantitative estimate of drug-likeness (QED) is 0.795. The van der Waals surface area contributed by atoms with E-state index in [1.165, 1.54) is 6.07 Å². The van der Waals surface area contributed by atoms with E-state index in [1.807, 2.05) is 19.1 Å². The molecule has 2 aromatic carbocycles. The normalized spacial score (nSPS) is 10.6. The van der Waals surface area contributed by atoms with Crippen LogP contribution < -0.4 is 5.32 Å². The summed E-state index contributed by atoms with van der Waals surface area (Å²) in [5.74, 6) is -1.24. The standard InChI is InChI=1S/C14H11BrClF2N/c1-8-4-10(16)3-2-9(8)7-19-14-12(15)5-11(17)6-13(14)18/h2-6,19H,7H2,1H3. The van der Waals surface area contributed by atoms with Gasteiger partial charge in [-0.25, -0.2) is 8.78 Å². The lowest BCUT2D eigenvalue weighted by molar-refractivity contribution is 0.583. The minimum absolute atomic E-state index is 0.246. The second-order valence-electron chi connectivity index (χ2n) is 4.17. The largest absolute Gasteiger partial charge is 0.378 e. The highest BCUT2D eigenvalue weighted by Crippen LogP contribution is 2.27. The number of aryl methyl sites for hydroxylation is 1. The Kier molecular flexibility index (Phi) is 4.42. The number of halogens is 4. The van der Waals surface area contributed by atoms with Crippen molar-refractivity contribution in [3.05, 3.63) is 62.6 Å². The Hall–Kier alpha value is -1.13. The van der Waals surface area contributed by atoms with Crippen LogP contribution in [-0.4, -0.2) is 0 Å². The summed E-state index contributed by atoms with van der Waals surface area (Å²) >= 11 is 9.01. The fourth-order valence-corrected chi connectivity index (χ4v) is 2.53. The molecule has 1 nitrogen and oxygen atoms in total. The van der Waals surface area contributed by atoms with Gasteiger partial charge in [0.25, 0.3) is 0 Å². The first kappa shape index (κ1) is 14.3. The van der Waals surface area contributed by atoms with Gasteiger partial charge in [0.15, 0.2) is 0 Å². The second kappa shape index (κ2) is 5.88. The van der Waals surface area contributed by atoms with Crippen molar-refractivity contribution in [2.45, 2.75) is 13.5 Å². The van der Waals surface area contributed by atoms with Crippen LogP contribution in [0.5, 0.6) is 0 Å². The van der Waals surface area contributed by atoms with Crippen LogP contribution in [0.25, 0.3) is 0 Å². The Bertz CT molecular complexity index is 593. The molecule has 0 fully saturated rings. The van der Waals surface area contributed by atoms with Gasteiger partial charge in [0, 0.05) is 22.1 Å². The van der Waals surface area contributed by atoms with Gasteiger partial charge in [0.05, 0.1) is 5.69 Å². The molecule has 5 heteroatoms. The van der Waals surface area contributed by atoms with Crippen LogP contribution in [0.2, 0.25) is 5.02 Å². The van der Waals surface area contributed by atoms with Crippen LogP contribution in [0, 0.1) is 18.6 Å². The molecule has 0 aliphatic heterocycles. The van der Waals surface area contributed by atoms with E-state index < -0.39 is 11.6 Å². The molecule has 19 heavy (non-hydrogen) atoms. The molecule has 1 N–H and O–H groups in total. The van der Waals surface area contributed by atoms with Crippen LogP contribution in [0.3, 0.4) is 0 Å². The first-order chi connectivity index (χ1) is 8.97. The Morgan fingerprint density at radius 2 is 1.95 bits per heavy atom. The average Bonchev–Trinajstić information content (AvgIpc) is 2.30. The van der Waals surface area contributed by atoms with E-state index in [2.05, 4.69) is 21.2 Å². The molecule has 0 saturated carbocycles. The van der Waals surface area contributed by atoms with Crippen molar-refractivity contribution in [1.29, 1.82) is 0 Å². The first-order valence-corrected chi connectivity index (χ1v) is 6.78. The maximum Gasteiger partial charge on any atom is 0.150 e. The molecular weight excluding hydrogens is 336 g/mol. The molecule has 2 rings (SSSR count). The highest BCUT2D eigenvalue weighted by atomic mass is 79.9. The number of hydrogen-bond acceptors (Lipinski definition) is 1. The number of benzene rings is 2. The molecule has 0 unspecified atom stereocenters. The number of hydrogen-bond donors (Lipinski definition) is 1. The second-order valence-corrected chi connectivity index (χ2v) is 5.46. The van der Waals surface area contributed by atoms with Crippen molar-refractivity contribution in [3.8, 4) is 0 Å². The summed E-state index contributed by atoms with van der Waals surface area (Å²) in [5.41, 5.74) is 2.26. The Labute approximate surface area is 123 Å². The number of nitrogens with one attached hydrogen (secondary N) is 1. The minimum Gasteiger partial charge on any atom is -0.378 e. The summed E-state index contributed by atoms with van der Waals surface area (Å²) in [6.07, 6.45) is 0. The first-order valence-electron chi connectivity index (χ1n) is 5.61. The van der Waals surface area contributed by atoms with Gasteiger partial charge in [-0.15, -0.1) is 0 Å². The zero-order chi connectivity index (χ0) is 14.0. The monoisotopic (exact) mass is 345 g/mol. The van der Waals surface area contributed by atoms with E-state index in [9.17, 15) is 8.78 Å². The fourth-order valence-electron chi connectivity index (χ4n) is 1.75. The summed E-state index contributed by atoms with van der Waals surface area (Å²) in [6.45, 7) is 2.36. The Morgan fingerprint density at radius 3 is 2.58 bits per heavy atom. The SMILES string of the molecule is Cc1cc(Cl)ccc1CNc1c(F)cc(F)cc1Br. The van der Waals surface area contributed by atoms with Crippen molar-refractivity contribution < 1.29 is 8.78 Å². The van der Waals surface area contributed by atoms with E-state index in [-0.39, 0.29) is 5.69 Å². The van der Waals surface area contributed by atoms with Gasteiger partial charge in [-0.2, -0.15) is 0 Å². The summed E-state index contributed by atoms with van der Waals surface area (Å²) < 4.78 is 27.0. The van der Waals surface area contributed by atoms with Crippen LogP contribution in [-0.2, 0) is 6.54 Å². The number of rotatable bonds is 3. The highest BCUT2D eigenvalue weighted by Gasteiger charge is 2.09. The molecule has 0 aromatic heterocycles. The van der Waals surface area contributed by atoms with E-state index in [1.54, 1.807) is 6.07 Å². The lowest BCUT2D eigenvalue weighted by atomic mass is 10.1. The molecule has 0 spiro atoms. The topological polar surface area (TPSA) is 12.0 Å². The molecule has 0 amide bonds. The molecule has 0 atom stereocenters. The van der Waals surface area contributed by atoms with Gasteiger partial charge in [-0.1, -0.05) is 17.7 Å². The van der Waals surface area contributed by atoms with Crippen LogP contribution in [0.15, 0.2) is 34.8 Å². The molecule has 2 aromatic rings. The smallest absolute Gasteiger partial charge is 0.150 e. The molecule has 0 aliphatic carbocycles. The maximum atomic E-state index is 13.6. The minimum atomic E-state index is -0.626. The van der Waals surface area contributed by atoms with Gasteiger partial charge in [0.1, 0.15) is 11.6 Å². The maximum absolute atomic E-state index is 13.6. The number of anilines is 1. The lowest BCUT2D eigenvalue weighted by Gasteiger charge is -2.12. The molecule has 0 bridgehead atoms. The molecule has 0 radical (unpaired) electrons. The van der Waals surface area contributed by atoms with E-state index in [0.29, 0.717) is 16.0 Å². The van der Waals surface area contributed by atoms with E-state index in [0.717, 1.165) is 17.2 Å². The molecule has 0 aliphatic rings. The van der Waals surface area contributed by atoms with Gasteiger partial charge in [0.2, 0.25) is 0 Å². The lowest BCUT2D eigenvalue weighted by Crippen LogP contribution is -2.04. The molecule has 0 saturated heterocycles. The fraction of sp³-hybridized carbons (Fsp3) is 0.143. The Morgan fingerprint density at radius 1 is 1.21 bits per heavy atom. The van der Waals surface area contributed by atoms with Crippen LogP contribution >= 0.6 is 27.5 Å². The van der Waals surface area contributed by atoms with E-state index in [4.69, 9.17) is 11.6 Å². The van der Waals surface area contributed by atoms with E-state index >= 15 is 0 Å². The third kappa shape index (κ3) is 3.45. The van der Waals surface area contributed by atoms with Crippen molar-refractivity contribution in [2.24, 2.45) is 0 Å². The van der Waals surface area contributed by atoms with Crippen LogP contribution in [0.4, 0.5) is 14.5 Å². The summed E-state index contributed by atoms with van der Waals surface area (Å²) in [5, 5.41) is 3.62. The van der Waals surface area contributed by atoms with Crippen molar-refractivity contribution in [3.63, 3.8) is 0 Å². The summed E-state index contributed by atoms with van der Waals surface area (Å²) in [6, 6.07) is 7.57. The van der Waals surface area contributed by atoms with Crippen molar-refractivity contribution >= 4 is 33.2 Å². The molecular formula is C14H11BrClF2N. The zero-order valence-corrected chi connectivity index (χ0v) is 12.4. The highest BCUT2D eigenvalue weighted by molar-refractivity contribution is 9.10. The van der Waals surface area contributed by atoms with Gasteiger partial charge < -0.3 is 5.32 Å². The predicted octanol–water partition coefficient (Wildman–Crippen LogP) is 5.30. The molecule has 0 heterocycles. The van der Waals surface area contributed by atoms with Crippen molar-refractivity contribution in [2.75, 3.05) is 5.32 Å². The third-order valence-electron chi connectivity index (χ3n) is 2.77. The van der Waals surface area contributed by atoms with Crippen LogP contribution in [0.1, 0.15) is 11.1 Å². The predicted molar refractivity (Wildman–Crippen MR) is 77.6 cm³/mol. The average molecular weight is 347 g/mol. The Balaban J connectivity index is 2.19. The van der Waals surface area contributed by atoms with Gasteiger partial charge in [-0.3, -0.25) is 0 Å². The van der Waals surface area contributed by atoms with Crippen molar-refractivity contribution in [1.82, 2.24) is 0 Å². The third-order valence-corrected chi connectivity index (χ3v) is 3.63.